The maximum absolute atomic E-state index is 11.6. The normalized spacial score (nSPS) is 13.3. The molecule has 0 radical (unpaired) electrons. The third kappa shape index (κ3) is 2.65. The van der Waals surface area contributed by atoms with Crippen molar-refractivity contribution in [2.24, 2.45) is 0 Å². The lowest BCUT2D eigenvalue weighted by Crippen LogP contribution is -2.04. The molecular formula is C11H18O. The van der Waals surface area contributed by atoms with Crippen LogP contribution in [-0.4, -0.2) is 5.78 Å². The van der Waals surface area contributed by atoms with E-state index in [1.807, 2.05) is 39.8 Å². The Hall–Kier alpha value is -0.850. The number of Topliss-reactive ketones (excluding diaryl/α,β-unsaturated/α-hetero) is 1. The van der Waals surface area contributed by atoms with Gasteiger partial charge in [-0.15, -0.1) is 0 Å². The topological polar surface area (TPSA) is 17.1 Å². The first-order valence-electron chi connectivity index (χ1n) is 4.56. The SMILES string of the molecule is CC=C(CC)C(=O)C(=CC)CC. The predicted molar refractivity (Wildman–Crippen MR) is 53.1 cm³/mol. The Labute approximate surface area is 75.2 Å². The molecule has 0 N–H and O–H groups in total. The summed E-state index contributed by atoms with van der Waals surface area (Å²) in [5.41, 5.74) is 1.84. The summed E-state index contributed by atoms with van der Waals surface area (Å²) >= 11 is 0. The number of allylic oxidation sites excluding steroid dienone is 4. The van der Waals surface area contributed by atoms with Gasteiger partial charge in [0, 0.05) is 0 Å². The van der Waals surface area contributed by atoms with Crippen molar-refractivity contribution in [2.75, 3.05) is 0 Å². The van der Waals surface area contributed by atoms with Gasteiger partial charge in [-0.2, -0.15) is 0 Å². The quantitative estimate of drug-likeness (QED) is 0.586. The summed E-state index contributed by atoms with van der Waals surface area (Å²) in [6.07, 6.45) is 5.46. The molecule has 0 fully saturated rings. The fraction of sp³-hybridized carbons (Fsp3) is 0.545. The third-order valence-corrected chi connectivity index (χ3v) is 2.04. The Morgan fingerprint density at radius 2 is 1.33 bits per heavy atom. The molecule has 0 aliphatic heterocycles. The van der Waals surface area contributed by atoms with Crippen LogP contribution in [0.5, 0.6) is 0 Å². The van der Waals surface area contributed by atoms with Crippen molar-refractivity contribution >= 4 is 5.78 Å². The molecule has 0 rings (SSSR count). The maximum Gasteiger partial charge on any atom is 0.184 e. The molecule has 1 nitrogen and oxygen atoms in total. The van der Waals surface area contributed by atoms with Crippen LogP contribution >= 0.6 is 0 Å². The average molecular weight is 166 g/mol. The molecule has 1 heteroatoms. The van der Waals surface area contributed by atoms with Crippen molar-refractivity contribution < 1.29 is 4.79 Å². The molecule has 0 spiro atoms. The van der Waals surface area contributed by atoms with Gasteiger partial charge in [-0.25, -0.2) is 0 Å². The van der Waals surface area contributed by atoms with E-state index in [0.717, 1.165) is 24.0 Å². The second-order valence-corrected chi connectivity index (χ2v) is 2.66. The van der Waals surface area contributed by atoms with Crippen LogP contribution in [0.15, 0.2) is 23.3 Å². The van der Waals surface area contributed by atoms with E-state index >= 15 is 0 Å². The van der Waals surface area contributed by atoms with Crippen molar-refractivity contribution in [1.82, 2.24) is 0 Å². The first-order valence-corrected chi connectivity index (χ1v) is 4.56. The first kappa shape index (κ1) is 11.2. The molecule has 0 aromatic carbocycles. The van der Waals surface area contributed by atoms with Crippen LogP contribution < -0.4 is 0 Å². The van der Waals surface area contributed by atoms with Crippen LogP contribution in [0.4, 0.5) is 0 Å². The maximum atomic E-state index is 11.6. The molecule has 0 bridgehead atoms. The minimum atomic E-state index is 0.213. The summed E-state index contributed by atoms with van der Waals surface area (Å²) in [4.78, 5) is 11.6. The number of hydrogen-bond acceptors (Lipinski definition) is 1. The van der Waals surface area contributed by atoms with Gasteiger partial charge in [0.05, 0.1) is 0 Å². The minimum Gasteiger partial charge on any atom is -0.289 e. The summed E-state index contributed by atoms with van der Waals surface area (Å²) in [6.45, 7) is 7.85. The zero-order valence-electron chi connectivity index (χ0n) is 8.48. The largest absolute Gasteiger partial charge is 0.289 e. The monoisotopic (exact) mass is 166 g/mol. The lowest BCUT2D eigenvalue weighted by Gasteiger charge is -2.04. The zero-order valence-corrected chi connectivity index (χ0v) is 8.48. The summed E-state index contributed by atoms with van der Waals surface area (Å²) in [7, 11) is 0. The highest BCUT2D eigenvalue weighted by Gasteiger charge is 2.09. The molecule has 0 heterocycles. The highest BCUT2D eigenvalue weighted by atomic mass is 16.1. The number of carbonyl (C=O) groups excluding carboxylic acids is 1. The molecule has 0 amide bonds. The first-order chi connectivity index (χ1) is 5.71. The highest BCUT2D eigenvalue weighted by Crippen LogP contribution is 2.12. The molecule has 0 saturated carbocycles. The number of hydrogen-bond donors (Lipinski definition) is 0. The van der Waals surface area contributed by atoms with E-state index in [2.05, 4.69) is 0 Å². The predicted octanol–water partition coefficient (Wildman–Crippen LogP) is 3.27. The van der Waals surface area contributed by atoms with E-state index in [4.69, 9.17) is 0 Å². The molecule has 0 unspecified atom stereocenters. The molecule has 0 aromatic heterocycles. The summed E-state index contributed by atoms with van der Waals surface area (Å²) in [5.74, 6) is 0.213. The lowest BCUT2D eigenvalue weighted by molar-refractivity contribution is -0.112. The summed E-state index contributed by atoms with van der Waals surface area (Å²) in [5, 5.41) is 0. The van der Waals surface area contributed by atoms with Crippen molar-refractivity contribution in [3.8, 4) is 0 Å². The standard InChI is InChI=1S/C11H18O/c1-5-9(6-2)11(12)10(7-3)8-4/h5,7H,6,8H2,1-4H3. The van der Waals surface area contributed by atoms with E-state index in [-0.39, 0.29) is 5.78 Å². The van der Waals surface area contributed by atoms with Gasteiger partial charge < -0.3 is 0 Å². The molecule has 12 heavy (non-hydrogen) atoms. The Morgan fingerprint density at radius 1 is 1.00 bits per heavy atom. The van der Waals surface area contributed by atoms with Crippen LogP contribution in [0.25, 0.3) is 0 Å². The molecular weight excluding hydrogens is 148 g/mol. The van der Waals surface area contributed by atoms with Gasteiger partial charge in [0.25, 0.3) is 0 Å². The van der Waals surface area contributed by atoms with E-state index in [1.54, 1.807) is 0 Å². The van der Waals surface area contributed by atoms with Crippen molar-refractivity contribution in [2.45, 2.75) is 40.5 Å². The van der Waals surface area contributed by atoms with Crippen LogP contribution in [-0.2, 0) is 4.79 Å². The fourth-order valence-corrected chi connectivity index (χ4v) is 1.20. The summed E-state index contributed by atoms with van der Waals surface area (Å²) < 4.78 is 0. The van der Waals surface area contributed by atoms with Gasteiger partial charge in [-0.1, -0.05) is 26.0 Å². The Kier molecular flexibility index (Phi) is 5.35. The van der Waals surface area contributed by atoms with Crippen LogP contribution in [0.2, 0.25) is 0 Å². The lowest BCUT2D eigenvalue weighted by atomic mass is 9.99. The Morgan fingerprint density at radius 3 is 1.50 bits per heavy atom. The van der Waals surface area contributed by atoms with Gasteiger partial charge in [-0.3, -0.25) is 4.79 Å². The van der Waals surface area contributed by atoms with E-state index < -0.39 is 0 Å². The highest BCUT2D eigenvalue weighted by molar-refractivity contribution is 6.07. The van der Waals surface area contributed by atoms with E-state index in [0.29, 0.717) is 0 Å². The van der Waals surface area contributed by atoms with E-state index in [9.17, 15) is 4.79 Å². The minimum absolute atomic E-state index is 0.213. The van der Waals surface area contributed by atoms with Crippen molar-refractivity contribution in [1.29, 1.82) is 0 Å². The zero-order chi connectivity index (χ0) is 9.56. The molecule has 0 aliphatic carbocycles. The van der Waals surface area contributed by atoms with Crippen molar-refractivity contribution in [3.05, 3.63) is 23.3 Å². The Balaban J connectivity index is 4.58. The smallest absolute Gasteiger partial charge is 0.184 e. The molecule has 0 aromatic rings. The molecule has 0 atom stereocenters. The van der Waals surface area contributed by atoms with Gasteiger partial charge in [-0.05, 0) is 37.8 Å². The molecule has 0 saturated heterocycles. The molecule has 68 valence electrons. The van der Waals surface area contributed by atoms with Gasteiger partial charge >= 0.3 is 0 Å². The van der Waals surface area contributed by atoms with Crippen LogP contribution in [0, 0.1) is 0 Å². The summed E-state index contributed by atoms with van der Waals surface area (Å²) in [6, 6.07) is 0. The Bertz CT molecular complexity index is 187. The molecule has 0 aliphatic rings. The van der Waals surface area contributed by atoms with Gasteiger partial charge in [0.1, 0.15) is 0 Å². The van der Waals surface area contributed by atoms with Gasteiger partial charge in [0.15, 0.2) is 5.78 Å². The number of ketones is 1. The second-order valence-electron chi connectivity index (χ2n) is 2.66. The van der Waals surface area contributed by atoms with E-state index in [1.165, 1.54) is 0 Å². The van der Waals surface area contributed by atoms with Crippen molar-refractivity contribution in [3.63, 3.8) is 0 Å². The van der Waals surface area contributed by atoms with Crippen LogP contribution in [0.3, 0.4) is 0 Å². The fourth-order valence-electron chi connectivity index (χ4n) is 1.20. The van der Waals surface area contributed by atoms with Gasteiger partial charge in [0.2, 0.25) is 0 Å². The number of rotatable bonds is 4. The number of carbonyl (C=O) groups is 1. The average Bonchev–Trinajstić information content (AvgIpc) is 2.09. The third-order valence-electron chi connectivity index (χ3n) is 2.04. The second kappa shape index (κ2) is 5.76. The van der Waals surface area contributed by atoms with Crippen LogP contribution in [0.1, 0.15) is 40.5 Å².